The van der Waals surface area contributed by atoms with Gasteiger partial charge in [-0.15, -0.1) is 0 Å². The van der Waals surface area contributed by atoms with E-state index < -0.39 is 0 Å². The van der Waals surface area contributed by atoms with Crippen molar-refractivity contribution in [2.75, 3.05) is 27.2 Å². The van der Waals surface area contributed by atoms with Crippen molar-refractivity contribution < 1.29 is 19.1 Å². The Balaban J connectivity index is 1.85. The largest absolute Gasteiger partial charge is 0.484 e. The lowest BCUT2D eigenvalue weighted by Gasteiger charge is -2.11. The highest BCUT2D eigenvalue weighted by Gasteiger charge is 2.10. The number of carbonyl (C=O) groups excluding carboxylic acids is 3. The van der Waals surface area contributed by atoms with Gasteiger partial charge in [-0.25, -0.2) is 0 Å². The zero-order valence-corrected chi connectivity index (χ0v) is 14.2. The van der Waals surface area contributed by atoms with Crippen molar-refractivity contribution in [3.63, 3.8) is 0 Å². The van der Waals surface area contributed by atoms with Crippen molar-refractivity contribution in [2.24, 2.45) is 0 Å². The Morgan fingerprint density at radius 1 is 0.920 bits per heavy atom. The Morgan fingerprint density at radius 3 is 2.12 bits per heavy atom. The zero-order valence-electron chi connectivity index (χ0n) is 14.2. The minimum absolute atomic E-state index is 0.0697. The predicted octanol–water partition coefficient (Wildman–Crippen LogP) is 1.50. The van der Waals surface area contributed by atoms with E-state index in [1.807, 2.05) is 18.2 Å². The van der Waals surface area contributed by atoms with Crippen molar-refractivity contribution in [1.82, 2.24) is 10.2 Å². The van der Waals surface area contributed by atoms with E-state index in [0.717, 1.165) is 0 Å². The van der Waals surface area contributed by atoms with Gasteiger partial charge in [-0.2, -0.15) is 0 Å². The van der Waals surface area contributed by atoms with Gasteiger partial charge in [0.05, 0.1) is 6.54 Å². The van der Waals surface area contributed by atoms with Gasteiger partial charge in [0.15, 0.2) is 12.4 Å². The maximum absolute atomic E-state index is 12.3. The summed E-state index contributed by atoms with van der Waals surface area (Å²) >= 11 is 0. The molecule has 2 aromatic rings. The molecule has 0 radical (unpaired) electrons. The number of ether oxygens (including phenoxy) is 1. The molecule has 0 saturated carbocycles. The highest BCUT2D eigenvalue weighted by molar-refractivity contribution is 6.08. The van der Waals surface area contributed by atoms with E-state index in [4.69, 9.17) is 4.74 Å². The molecule has 1 N–H and O–H groups in total. The number of benzene rings is 2. The summed E-state index contributed by atoms with van der Waals surface area (Å²) in [6, 6.07) is 15.6. The molecule has 0 bridgehead atoms. The standard InChI is InChI=1S/C19H20N2O4/c1-21(2)18(23)12-20-17(22)13-25-16-10-8-15(9-11-16)19(24)14-6-4-3-5-7-14/h3-11H,12-13H2,1-2H3,(H,20,22). The fraction of sp³-hybridized carbons (Fsp3) is 0.211. The molecule has 25 heavy (non-hydrogen) atoms. The van der Waals surface area contributed by atoms with Crippen molar-refractivity contribution in [2.45, 2.75) is 0 Å². The molecule has 6 heteroatoms. The summed E-state index contributed by atoms with van der Waals surface area (Å²) in [5.74, 6) is -0.192. The average molecular weight is 340 g/mol. The summed E-state index contributed by atoms with van der Waals surface area (Å²) in [4.78, 5) is 36.7. The van der Waals surface area contributed by atoms with Crippen LogP contribution in [0, 0.1) is 0 Å². The van der Waals surface area contributed by atoms with Gasteiger partial charge in [0, 0.05) is 25.2 Å². The number of carbonyl (C=O) groups is 3. The Morgan fingerprint density at radius 2 is 1.52 bits per heavy atom. The maximum atomic E-state index is 12.3. The first-order chi connectivity index (χ1) is 12.0. The molecule has 0 spiro atoms. The van der Waals surface area contributed by atoms with Crippen molar-refractivity contribution in [1.29, 1.82) is 0 Å². The molecule has 0 aromatic heterocycles. The average Bonchev–Trinajstić information content (AvgIpc) is 2.64. The minimum atomic E-state index is -0.389. The van der Waals surface area contributed by atoms with Crippen molar-refractivity contribution >= 4 is 17.6 Å². The SMILES string of the molecule is CN(C)C(=O)CNC(=O)COc1ccc(C(=O)c2ccccc2)cc1. The number of hydrogen-bond donors (Lipinski definition) is 1. The van der Waals surface area contributed by atoms with E-state index in [1.165, 1.54) is 4.90 Å². The van der Waals surface area contributed by atoms with Crippen LogP contribution < -0.4 is 10.1 Å². The summed E-state index contributed by atoms with van der Waals surface area (Å²) in [6.45, 7) is -0.271. The second-order valence-electron chi connectivity index (χ2n) is 5.57. The number of amides is 2. The molecule has 0 unspecified atom stereocenters. The summed E-state index contributed by atoms with van der Waals surface area (Å²) in [5.41, 5.74) is 1.15. The van der Waals surface area contributed by atoms with Gasteiger partial charge in [0.1, 0.15) is 5.75 Å². The van der Waals surface area contributed by atoms with Gasteiger partial charge in [0.2, 0.25) is 5.91 Å². The molecule has 130 valence electrons. The van der Waals surface area contributed by atoms with E-state index in [-0.39, 0.29) is 30.7 Å². The van der Waals surface area contributed by atoms with Crippen LogP contribution in [0.3, 0.4) is 0 Å². The molecule has 2 aromatic carbocycles. The van der Waals surface area contributed by atoms with Crippen LogP contribution in [0.25, 0.3) is 0 Å². The molecule has 0 aliphatic heterocycles. The van der Waals surface area contributed by atoms with E-state index in [0.29, 0.717) is 16.9 Å². The molecule has 6 nitrogen and oxygen atoms in total. The Labute approximate surface area is 146 Å². The summed E-state index contributed by atoms with van der Waals surface area (Å²) in [6.07, 6.45) is 0. The third-order valence-electron chi connectivity index (χ3n) is 3.46. The first-order valence-corrected chi connectivity index (χ1v) is 7.77. The third kappa shape index (κ3) is 5.46. The quantitative estimate of drug-likeness (QED) is 0.775. The van der Waals surface area contributed by atoms with Crippen LogP contribution in [0.5, 0.6) is 5.75 Å². The van der Waals surface area contributed by atoms with Crippen LogP contribution in [-0.4, -0.2) is 49.7 Å². The van der Waals surface area contributed by atoms with Gasteiger partial charge in [-0.05, 0) is 24.3 Å². The van der Waals surface area contributed by atoms with E-state index >= 15 is 0 Å². The molecule has 2 amide bonds. The number of likely N-dealkylation sites (N-methyl/N-ethyl adjacent to an activating group) is 1. The van der Waals surface area contributed by atoms with Crippen LogP contribution in [-0.2, 0) is 9.59 Å². The minimum Gasteiger partial charge on any atom is -0.484 e. The second-order valence-corrected chi connectivity index (χ2v) is 5.57. The van der Waals surface area contributed by atoms with Crippen LogP contribution in [0.2, 0.25) is 0 Å². The Hall–Kier alpha value is -3.15. The molecule has 2 rings (SSSR count). The van der Waals surface area contributed by atoms with Crippen molar-refractivity contribution in [3.8, 4) is 5.75 Å². The molecule has 0 fully saturated rings. The maximum Gasteiger partial charge on any atom is 0.258 e. The number of hydrogen-bond acceptors (Lipinski definition) is 4. The van der Waals surface area contributed by atoms with E-state index in [2.05, 4.69) is 5.32 Å². The smallest absolute Gasteiger partial charge is 0.258 e. The lowest BCUT2D eigenvalue weighted by Crippen LogP contribution is -2.38. The van der Waals surface area contributed by atoms with Gasteiger partial charge in [-0.1, -0.05) is 30.3 Å². The van der Waals surface area contributed by atoms with Crippen LogP contribution in [0.4, 0.5) is 0 Å². The lowest BCUT2D eigenvalue weighted by atomic mass is 10.0. The number of nitrogens with one attached hydrogen (secondary N) is 1. The Kier molecular flexibility index (Phi) is 6.28. The first kappa shape index (κ1) is 18.2. The highest BCUT2D eigenvalue weighted by Crippen LogP contribution is 2.15. The van der Waals surface area contributed by atoms with Gasteiger partial charge < -0.3 is 15.0 Å². The van der Waals surface area contributed by atoms with Gasteiger partial charge >= 0.3 is 0 Å². The number of nitrogens with zero attached hydrogens (tertiary/aromatic N) is 1. The zero-order chi connectivity index (χ0) is 18.2. The molecule has 0 atom stereocenters. The summed E-state index contributed by atoms with van der Waals surface area (Å²) in [5, 5.41) is 2.48. The molecule has 0 aliphatic carbocycles. The van der Waals surface area contributed by atoms with Crippen LogP contribution >= 0.6 is 0 Å². The van der Waals surface area contributed by atoms with Gasteiger partial charge in [-0.3, -0.25) is 14.4 Å². The number of ketones is 1. The van der Waals surface area contributed by atoms with Crippen LogP contribution in [0.15, 0.2) is 54.6 Å². The third-order valence-corrected chi connectivity index (χ3v) is 3.46. The normalized spacial score (nSPS) is 10.0. The first-order valence-electron chi connectivity index (χ1n) is 7.77. The van der Waals surface area contributed by atoms with Crippen LogP contribution in [0.1, 0.15) is 15.9 Å². The van der Waals surface area contributed by atoms with E-state index in [9.17, 15) is 14.4 Å². The molecule has 0 saturated heterocycles. The van der Waals surface area contributed by atoms with E-state index in [1.54, 1.807) is 50.5 Å². The summed E-state index contributed by atoms with van der Waals surface area (Å²) < 4.78 is 5.35. The molecular weight excluding hydrogens is 320 g/mol. The Bertz CT molecular complexity index is 740. The number of rotatable bonds is 7. The van der Waals surface area contributed by atoms with Gasteiger partial charge in [0.25, 0.3) is 5.91 Å². The molecule has 0 heterocycles. The highest BCUT2D eigenvalue weighted by atomic mass is 16.5. The lowest BCUT2D eigenvalue weighted by molar-refractivity contribution is -0.131. The fourth-order valence-corrected chi connectivity index (χ4v) is 1.99. The summed E-state index contributed by atoms with van der Waals surface area (Å²) in [7, 11) is 3.23. The molecular formula is C19H20N2O4. The second kappa shape index (κ2) is 8.63. The van der Waals surface area contributed by atoms with Crippen molar-refractivity contribution in [3.05, 3.63) is 65.7 Å². The molecule has 0 aliphatic rings. The predicted molar refractivity (Wildman–Crippen MR) is 93.5 cm³/mol. The fourth-order valence-electron chi connectivity index (χ4n) is 1.99. The topological polar surface area (TPSA) is 75.7 Å². The monoisotopic (exact) mass is 340 g/mol.